The molecule has 3 aliphatic rings. The van der Waals surface area contributed by atoms with Crippen LogP contribution in [-0.4, -0.2) is 23.0 Å². The first-order chi connectivity index (χ1) is 8.81. The zero-order valence-corrected chi connectivity index (χ0v) is 10.3. The highest BCUT2D eigenvalue weighted by molar-refractivity contribution is 5.94. The zero-order valence-electron chi connectivity index (χ0n) is 10.3. The minimum absolute atomic E-state index is 0.732. The maximum absolute atomic E-state index is 5.91. The van der Waals surface area contributed by atoms with E-state index in [1.807, 2.05) is 6.07 Å². The molecule has 1 aromatic heterocycles. The Kier molecular flexibility index (Phi) is 1.98. The van der Waals surface area contributed by atoms with Crippen molar-refractivity contribution in [3.05, 3.63) is 36.2 Å². The molecule has 3 nitrogen and oxygen atoms in total. The number of nitrogen functional groups attached to an aromatic ring is 1. The number of anilines is 1. The van der Waals surface area contributed by atoms with Crippen molar-refractivity contribution >= 4 is 22.2 Å². The number of allylic oxidation sites excluding steroid dienone is 1. The van der Waals surface area contributed by atoms with Crippen LogP contribution in [0.25, 0.3) is 16.5 Å². The van der Waals surface area contributed by atoms with Crippen LogP contribution in [0.1, 0.15) is 18.4 Å². The largest absolute Gasteiger partial charge is 0.399 e. The molecule has 1 saturated heterocycles. The first-order valence-corrected chi connectivity index (χ1v) is 6.64. The van der Waals surface area contributed by atoms with E-state index >= 15 is 0 Å². The number of fused-ring (bicyclic) bond motifs is 3. The van der Waals surface area contributed by atoms with Crippen LogP contribution < -0.4 is 5.73 Å². The third kappa shape index (κ3) is 1.37. The number of nitrogens with two attached hydrogens (primary N) is 1. The molecule has 3 N–H and O–H groups in total. The van der Waals surface area contributed by atoms with Crippen LogP contribution in [-0.2, 0) is 0 Å². The second-order valence-electron chi connectivity index (χ2n) is 5.40. The molecule has 0 amide bonds. The van der Waals surface area contributed by atoms with Crippen LogP contribution in [0, 0.1) is 5.92 Å². The Hall–Kier alpha value is -1.90. The lowest BCUT2D eigenvalue weighted by molar-refractivity contribution is 0.252. The van der Waals surface area contributed by atoms with Gasteiger partial charge in [-0.2, -0.15) is 0 Å². The molecule has 1 fully saturated rings. The molecular weight excluding hydrogens is 222 g/mol. The topological polar surface area (TPSA) is 45.1 Å². The Balaban J connectivity index is 1.90. The molecule has 18 heavy (non-hydrogen) atoms. The predicted octanol–water partition coefficient (Wildman–Crippen LogP) is 2.82. The van der Waals surface area contributed by atoms with Crippen LogP contribution >= 0.6 is 0 Å². The third-order valence-corrected chi connectivity index (χ3v) is 4.31. The second kappa shape index (κ2) is 3.55. The number of aromatic amines is 1. The minimum atomic E-state index is 0.732. The van der Waals surface area contributed by atoms with E-state index in [0.29, 0.717) is 0 Å². The highest BCUT2D eigenvalue weighted by Gasteiger charge is 2.28. The number of H-pyrrole nitrogens is 1. The lowest BCUT2D eigenvalue weighted by Gasteiger charge is -2.39. The monoisotopic (exact) mass is 239 g/mol. The SMILES string of the molecule is Nc1ccc2[nH]cc(C3=CN4CCC3CC4)c2c1. The fraction of sp³-hybridized carbons (Fsp3) is 0.333. The molecule has 3 aliphatic heterocycles. The highest BCUT2D eigenvalue weighted by Crippen LogP contribution is 2.40. The van der Waals surface area contributed by atoms with Crippen molar-refractivity contribution in [1.82, 2.24) is 9.88 Å². The van der Waals surface area contributed by atoms with Gasteiger partial charge in [-0.3, -0.25) is 0 Å². The second-order valence-corrected chi connectivity index (χ2v) is 5.40. The molecule has 0 unspecified atom stereocenters. The minimum Gasteiger partial charge on any atom is -0.399 e. The molecule has 0 saturated carbocycles. The van der Waals surface area contributed by atoms with E-state index in [0.717, 1.165) is 11.6 Å². The lowest BCUT2D eigenvalue weighted by atomic mass is 9.82. The van der Waals surface area contributed by atoms with Gasteiger partial charge in [0.15, 0.2) is 0 Å². The number of hydrogen-bond acceptors (Lipinski definition) is 2. The summed E-state index contributed by atoms with van der Waals surface area (Å²) in [5.41, 5.74) is 10.8. The maximum Gasteiger partial charge on any atom is 0.0461 e. The van der Waals surface area contributed by atoms with E-state index in [9.17, 15) is 0 Å². The van der Waals surface area contributed by atoms with Crippen LogP contribution in [0.3, 0.4) is 0 Å². The number of rotatable bonds is 1. The van der Waals surface area contributed by atoms with Crippen LogP contribution in [0.4, 0.5) is 5.69 Å². The number of piperidine rings is 1. The van der Waals surface area contributed by atoms with Gasteiger partial charge in [0.05, 0.1) is 0 Å². The molecule has 0 atom stereocenters. The summed E-state index contributed by atoms with van der Waals surface area (Å²) in [6.45, 7) is 2.44. The molecule has 2 aromatic rings. The van der Waals surface area contributed by atoms with Crippen molar-refractivity contribution in [2.45, 2.75) is 12.8 Å². The third-order valence-electron chi connectivity index (χ3n) is 4.31. The fourth-order valence-corrected chi connectivity index (χ4v) is 3.31. The van der Waals surface area contributed by atoms with Crippen molar-refractivity contribution in [1.29, 1.82) is 0 Å². The standard InChI is InChI=1S/C15H17N3/c16-11-1-2-15-12(7-11)13(8-17-15)14-9-18-5-3-10(14)4-6-18/h1-2,7-10,17H,3-6,16H2. The van der Waals surface area contributed by atoms with Gasteiger partial charge in [-0.1, -0.05) is 0 Å². The van der Waals surface area contributed by atoms with Crippen LogP contribution in [0.5, 0.6) is 0 Å². The zero-order chi connectivity index (χ0) is 12.1. The molecular formula is C15H17N3. The molecule has 0 aliphatic carbocycles. The van der Waals surface area contributed by atoms with Gasteiger partial charge in [-0.15, -0.1) is 0 Å². The summed E-state index contributed by atoms with van der Waals surface area (Å²) in [5, 5.41) is 1.26. The van der Waals surface area contributed by atoms with E-state index in [4.69, 9.17) is 5.73 Å². The average molecular weight is 239 g/mol. The summed E-state index contributed by atoms with van der Waals surface area (Å²) in [6.07, 6.45) is 7.07. The summed E-state index contributed by atoms with van der Waals surface area (Å²) in [4.78, 5) is 5.80. The summed E-state index contributed by atoms with van der Waals surface area (Å²) >= 11 is 0. The van der Waals surface area contributed by atoms with Gasteiger partial charge in [0.1, 0.15) is 0 Å². The molecule has 1 aromatic carbocycles. The summed E-state index contributed by atoms with van der Waals surface area (Å²) < 4.78 is 0. The highest BCUT2D eigenvalue weighted by atomic mass is 15.1. The Bertz CT molecular complexity index is 630. The quantitative estimate of drug-likeness (QED) is 0.752. The average Bonchev–Trinajstić information content (AvgIpc) is 2.83. The van der Waals surface area contributed by atoms with E-state index in [2.05, 4.69) is 34.4 Å². The van der Waals surface area contributed by atoms with Crippen LogP contribution in [0.2, 0.25) is 0 Å². The Morgan fingerprint density at radius 1 is 1.22 bits per heavy atom. The van der Waals surface area contributed by atoms with E-state index in [1.54, 1.807) is 0 Å². The van der Waals surface area contributed by atoms with Crippen molar-refractivity contribution in [3.63, 3.8) is 0 Å². The number of hydrogen-bond donors (Lipinski definition) is 2. The van der Waals surface area contributed by atoms with Crippen LogP contribution in [0.15, 0.2) is 30.6 Å². The first kappa shape index (κ1) is 10.1. The Labute approximate surface area is 106 Å². The lowest BCUT2D eigenvalue weighted by Crippen LogP contribution is -2.35. The fourth-order valence-electron chi connectivity index (χ4n) is 3.31. The van der Waals surface area contributed by atoms with Gasteiger partial charge >= 0.3 is 0 Å². The number of aromatic nitrogens is 1. The molecule has 3 heteroatoms. The molecule has 4 heterocycles. The van der Waals surface area contributed by atoms with Gasteiger partial charge < -0.3 is 15.6 Å². The molecule has 2 bridgehead atoms. The molecule has 0 spiro atoms. The Morgan fingerprint density at radius 2 is 2.06 bits per heavy atom. The molecule has 5 rings (SSSR count). The Morgan fingerprint density at radius 3 is 2.78 bits per heavy atom. The van der Waals surface area contributed by atoms with Gasteiger partial charge in [0.25, 0.3) is 0 Å². The van der Waals surface area contributed by atoms with Gasteiger partial charge in [-0.05, 0) is 42.5 Å². The summed E-state index contributed by atoms with van der Waals surface area (Å²) in [7, 11) is 0. The number of nitrogens with one attached hydrogen (secondary N) is 1. The number of benzene rings is 1. The normalized spacial score (nSPS) is 19.6. The van der Waals surface area contributed by atoms with Crippen molar-refractivity contribution in [2.24, 2.45) is 5.92 Å². The predicted molar refractivity (Wildman–Crippen MR) is 75.0 cm³/mol. The van der Waals surface area contributed by atoms with Gasteiger partial charge in [0.2, 0.25) is 0 Å². The van der Waals surface area contributed by atoms with Crippen molar-refractivity contribution < 1.29 is 0 Å². The molecule has 92 valence electrons. The molecule has 0 radical (unpaired) electrons. The summed E-state index contributed by atoms with van der Waals surface area (Å²) in [6, 6.07) is 6.10. The van der Waals surface area contributed by atoms with E-state index < -0.39 is 0 Å². The van der Waals surface area contributed by atoms with Crippen molar-refractivity contribution in [3.8, 4) is 0 Å². The van der Waals surface area contributed by atoms with Gasteiger partial charge in [0, 0.05) is 47.6 Å². The maximum atomic E-state index is 5.91. The first-order valence-electron chi connectivity index (χ1n) is 6.64. The van der Waals surface area contributed by atoms with E-state index in [-0.39, 0.29) is 0 Å². The van der Waals surface area contributed by atoms with Crippen molar-refractivity contribution in [2.75, 3.05) is 18.8 Å². The number of nitrogens with zero attached hydrogens (tertiary/aromatic N) is 1. The smallest absolute Gasteiger partial charge is 0.0461 e. The van der Waals surface area contributed by atoms with Gasteiger partial charge in [-0.25, -0.2) is 0 Å². The summed E-state index contributed by atoms with van der Waals surface area (Å²) in [5.74, 6) is 0.732. The van der Waals surface area contributed by atoms with E-state index in [1.165, 1.54) is 48.0 Å².